The van der Waals surface area contributed by atoms with Gasteiger partial charge in [0.2, 0.25) is 0 Å². The van der Waals surface area contributed by atoms with Gasteiger partial charge in [0.25, 0.3) is 0 Å². The third kappa shape index (κ3) is 4.54. The summed E-state index contributed by atoms with van der Waals surface area (Å²) in [5, 5.41) is 0. The van der Waals surface area contributed by atoms with E-state index in [-0.39, 0.29) is 30.0 Å². The van der Waals surface area contributed by atoms with Crippen molar-refractivity contribution in [2.75, 3.05) is 13.7 Å². The van der Waals surface area contributed by atoms with Crippen molar-refractivity contribution in [3.63, 3.8) is 0 Å². The Labute approximate surface area is 146 Å². The molecule has 1 rings (SSSR count). The molecule has 1 atom stereocenters. The molecule has 0 saturated carbocycles. The van der Waals surface area contributed by atoms with Gasteiger partial charge < -0.3 is 4.74 Å². The fourth-order valence-corrected chi connectivity index (χ4v) is 2.96. The molecule has 3 nitrogen and oxygen atoms in total. The Kier molecular flexibility index (Phi) is 7.34. The first-order valence-electron chi connectivity index (χ1n) is 8.83. The largest absolute Gasteiger partial charge is 0.383 e. The molecule has 0 aliphatic rings. The topological polar surface area (TPSA) is 43.4 Å². The molecule has 0 radical (unpaired) electrons. The van der Waals surface area contributed by atoms with Crippen molar-refractivity contribution < 1.29 is 14.3 Å². The Hall–Kier alpha value is -1.48. The lowest BCUT2D eigenvalue weighted by Crippen LogP contribution is -2.29. The molecule has 0 aliphatic carbocycles. The molecule has 0 fully saturated rings. The van der Waals surface area contributed by atoms with Crippen molar-refractivity contribution in [2.24, 2.45) is 5.92 Å². The zero-order valence-corrected chi connectivity index (χ0v) is 16.4. The SMILES string of the molecule is COCC(C(C)=O)C(=O)c1c(C(C)C)cc(C(C)C)cc1C(C)C. The minimum atomic E-state index is -0.727. The van der Waals surface area contributed by atoms with Crippen LogP contribution in [0.2, 0.25) is 0 Å². The Morgan fingerprint density at radius 3 is 1.67 bits per heavy atom. The van der Waals surface area contributed by atoms with Gasteiger partial charge in [0.15, 0.2) is 5.78 Å². The Morgan fingerprint density at radius 1 is 0.917 bits per heavy atom. The summed E-state index contributed by atoms with van der Waals surface area (Å²) in [4.78, 5) is 25.2. The summed E-state index contributed by atoms with van der Waals surface area (Å²) in [5.74, 6) is -0.140. The molecule has 0 amide bonds. The van der Waals surface area contributed by atoms with Crippen molar-refractivity contribution in [3.8, 4) is 0 Å². The van der Waals surface area contributed by atoms with Crippen molar-refractivity contribution in [1.82, 2.24) is 0 Å². The van der Waals surface area contributed by atoms with Crippen LogP contribution < -0.4 is 0 Å². The van der Waals surface area contributed by atoms with Crippen molar-refractivity contribution in [3.05, 3.63) is 34.4 Å². The number of methoxy groups -OCH3 is 1. The number of rotatable bonds is 8. The summed E-state index contributed by atoms with van der Waals surface area (Å²) in [7, 11) is 1.53. The normalized spacial score (nSPS) is 13.0. The maximum Gasteiger partial charge on any atom is 0.176 e. The first-order chi connectivity index (χ1) is 11.1. The Morgan fingerprint density at radius 2 is 1.38 bits per heavy atom. The highest BCUT2D eigenvalue weighted by molar-refractivity contribution is 6.11. The van der Waals surface area contributed by atoms with Gasteiger partial charge in [0.05, 0.1) is 6.61 Å². The molecule has 0 spiro atoms. The molecule has 0 heterocycles. The number of carbonyl (C=O) groups excluding carboxylic acids is 2. The molecule has 0 aromatic heterocycles. The van der Waals surface area contributed by atoms with Gasteiger partial charge in [0, 0.05) is 12.7 Å². The fraction of sp³-hybridized carbons (Fsp3) is 0.619. The van der Waals surface area contributed by atoms with E-state index in [0.29, 0.717) is 5.92 Å². The van der Waals surface area contributed by atoms with Gasteiger partial charge in [-0.2, -0.15) is 0 Å². The summed E-state index contributed by atoms with van der Waals surface area (Å²) in [5.41, 5.74) is 4.04. The number of hydrogen-bond acceptors (Lipinski definition) is 3. The molecule has 134 valence electrons. The summed E-state index contributed by atoms with van der Waals surface area (Å²) < 4.78 is 5.13. The highest BCUT2D eigenvalue weighted by Gasteiger charge is 2.30. The number of carbonyl (C=O) groups is 2. The first-order valence-corrected chi connectivity index (χ1v) is 8.83. The van der Waals surface area contributed by atoms with E-state index < -0.39 is 5.92 Å². The van der Waals surface area contributed by atoms with E-state index in [4.69, 9.17) is 4.74 Å². The second-order valence-corrected chi connectivity index (χ2v) is 7.52. The van der Waals surface area contributed by atoms with Gasteiger partial charge in [-0.05, 0) is 41.4 Å². The fourth-order valence-electron chi connectivity index (χ4n) is 2.96. The van der Waals surface area contributed by atoms with Gasteiger partial charge in [0.1, 0.15) is 11.7 Å². The first kappa shape index (κ1) is 20.6. The van der Waals surface area contributed by atoms with Crippen molar-refractivity contribution in [1.29, 1.82) is 0 Å². The predicted molar refractivity (Wildman–Crippen MR) is 99.1 cm³/mol. The lowest BCUT2D eigenvalue weighted by Gasteiger charge is -2.24. The van der Waals surface area contributed by atoms with Crippen LogP contribution in [0.3, 0.4) is 0 Å². The van der Waals surface area contributed by atoms with Crippen LogP contribution >= 0.6 is 0 Å². The Balaban J connectivity index is 3.64. The zero-order chi connectivity index (χ0) is 18.6. The number of Topliss-reactive ketones (excluding diaryl/α,β-unsaturated/α-hetero) is 2. The molecule has 0 N–H and O–H groups in total. The number of ether oxygens (including phenoxy) is 1. The van der Waals surface area contributed by atoms with Crippen LogP contribution in [0.25, 0.3) is 0 Å². The van der Waals surface area contributed by atoms with E-state index in [9.17, 15) is 9.59 Å². The number of ketones is 2. The van der Waals surface area contributed by atoms with E-state index in [0.717, 1.165) is 16.7 Å². The second-order valence-electron chi connectivity index (χ2n) is 7.52. The molecular weight excluding hydrogens is 300 g/mol. The summed E-state index contributed by atoms with van der Waals surface area (Å²) >= 11 is 0. The van der Waals surface area contributed by atoms with Crippen LogP contribution in [0.5, 0.6) is 0 Å². The minimum absolute atomic E-state index is 0.105. The molecule has 1 unspecified atom stereocenters. The van der Waals surface area contributed by atoms with Gasteiger partial charge in [-0.3, -0.25) is 9.59 Å². The third-order valence-electron chi connectivity index (χ3n) is 4.52. The maximum absolute atomic E-state index is 13.2. The lowest BCUT2D eigenvalue weighted by molar-refractivity contribution is -0.120. The predicted octanol–water partition coefficient (Wildman–Crippen LogP) is 5.09. The smallest absolute Gasteiger partial charge is 0.176 e. The lowest BCUT2D eigenvalue weighted by atomic mass is 9.80. The molecule has 1 aromatic rings. The Bertz CT molecular complexity index is 568. The van der Waals surface area contributed by atoms with E-state index in [2.05, 4.69) is 53.7 Å². The van der Waals surface area contributed by atoms with Crippen LogP contribution in [-0.2, 0) is 9.53 Å². The molecular formula is C21H32O3. The van der Waals surface area contributed by atoms with Gasteiger partial charge >= 0.3 is 0 Å². The second kappa shape index (κ2) is 8.57. The quantitative estimate of drug-likeness (QED) is 0.492. The summed E-state index contributed by atoms with van der Waals surface area (Å²) in [6.45, 7) is 14.3. The number of hydrogen-bond donors (Lipinski definition) is 0. The average molecular weight is 332 g/mol. The highest BCUT2D eigenvalue weighted by atomic mass is 16.5. The van der Waals surface area contributed by atoms with Crippen molar-refractivity contribution >= 4 is 11.6 Å². The van der Waals surface area contributed by atoms with Crippen LogP contribution in [0.15, 0.2) is 12.1 Å². The molecule has 0 bridgehead atoms. The molecule has 0 aliphatic heterocycles. The van der Waals surface area contributed by atoms with Crippen LogP contribution in [0.1, 0.15) is 93.3 Å². The monoisotopic (exact) mass is 332 g/mol. The van der Waals surface area contributed by atoms with Crippen LogP contribution in [-0.4, -0.2) is 25.3 Å². The van der Waals surface area contributed by atoms with Gasteiger partial charge in [-0.15, -0.1) is 0 Å². The van der Waals surface area contributed by atoms with Crippen molar-refractivity contribution in [2.45, 2.75) is 66.2 Å². The molecule has 24 heavy (non-hydrogen) atoms. The summed E-state index contributed by atoms with van der Waals surface area (Å²) in [6, 6.07) is 4.27. The minimum Gasteiger partial charge on any atom is -0.383 e. The van der Waals surface area contributed by atoms with Crippen LogP contribution in [0.4, 0.5) is 0 Å². The zero-order valence-electron chi connectivity index (χ0n) is 16.4. The van der Waals surface area contributed by atoms with E-state index in [1.807, 2.05) is 0 Å². The molecule has 3 heteroatoms. The molecule has 0 saturated heterocycles. The van der Waals surface area contributed by atoms with Gasteiger partial charge in [-0.1, -0.05) is 53.7 Å². The van der Waals surface area contributed by atoms with E-state index in [1.54, 1.807) is 0 Å². The van der Waals surface area contributed by atoms with E-state index >= 15 is 0 Å². The third-order valence-corrected chi connectivity index (χ3v) is 4.52. The van der Waals surface area contributed by atoms with Gasteiger partial charge in [-0.25, -0.2) is 0 Å². The highest BCUT2D eigenvalue weighted by Crippen LogP contribution is 2.33. The average Bonchev–Trinajstić information content (AvgIpc) is 2.49. The molecule has 1 aromatic carbocycles. The summed E-state index contributed by atoms with van der Waals surface area (Å²) in [6.07, 6.45) is 0. The maximum atomic E-state index is 13.2. The van der Waals surface area contributed by atoms with Crippen LogP contribution in [0, 0.1) is 5.92 Å². The number of benzene rings is 1. The standard InChI is InChI=1S/C21H32O3/c1-12(2)16-9-17(13(3)4)20(18(10-16)14(5)6)21(23)19(11-24-8)15(7)22/h9-10,12-14,19H,11H2,1-8H3. The van der Waals surface area contributed by atoms with E-state index in [1.165, 1.54) is 19.6 Å².